The number of nitrogens with zero attached hydrogens (tertiary/aromatic N) is 3. The Bertz CT molecular complexity index is 1050. The van der Waals surface area contributed by atoms with Crippen molar-refractivity contribution in [3.8, 4) is 10.7 Å². The van der Waals surface area contributed by atoms with E-state index >= 15 is 0 Å². The Labute approximate surface area is 154 Å². The van der Waals surface area contributed by atoms with Crippen LogP contribution in [0, 0.1) is 0 Å². The summed E-state index contributed by atoms with van der Waals surface area (Å²) in [6.45, 7) is 2.02. The maximum Gasteiger partial charge on any atom is 0.247 e. The van der Waals surface area contributed by atoms with Gasteiger partial charge in [-0.15, -0.1) is 11.3 Å². The van der Waals surface area contributed by atoms with E-state index in [0.29, 0.717) is 28.3 Å². The van der Waals surface area contributed by atoms with Crippen LogP contribution in [0.25, 0.3) is 10.7 Å². The van der Waals surface area contributed by atoms with Gasteiger partial charge in [-0.25, -0.2) is 23.5 Å². The summed E-state index contributed by atoms with van der Waals surface area (Å²) in [4.78, 5) is 9.57. The molecule has 8 nitrogen and oxygen atoms in total. The summed E-state index contributed by atoms with van der Waals surface area (Å²) in [5.74, 6) is 2.41. The van der Waals surface area contributed by atoms with Gasteiger partial charge in [0.15, 0.2) is 11.6 Å². The highest BCUT2D eigenvalue weighted by Crippen LogP contribution is 2.39. The monoisotopic (exact) mass is 390 g/mol. The molecule has 0 amide bonds. The first kappa shape index (κ1) is 17.1. The molecule has 3 heterocycles. The molecule has 0 unspecified atom stereocenters. The van der Waals surface area contributed by atoms with Gasteiger partial charge >= 0.3 is 0 Å². The first-order chi connectivity index (χ1) is 12.4. The zero-order valence-electron chi connectivity index (χ0n) is 14.1. The number of aromatic amines is 1. The zero-order valence-corrected chi connectivity index (χ0v) is 15.7. The lowest BCUT2D eigenvalue weighted by atomic mass is 10.2. The van der Waals surface area contributed by atoms with Crippen LogP contribution in [0.4, 0.5) is 11.6 Å². The van der Waals surface area contributed by atoms with E-state index < -0.39 is 10.0 Å². The molecule has 0 aromatic carbocycles. The van der Waals surface area contributed by atoms with E-state index in [4.69, 9.17) is 5.14 Å². The largest absolute Gasteiger partial charge is 0.323 e. The molecule has 3 aromatic heterocycles. The molecule has 1 fully saturated rings. The van der Waals surface area contributed by atoms with Crippen LogP contribution in [0.2, 0.25) is 0 Å². The molecule has 1 saturated carbocycles. The second-order valence-corrected chi connectivity index (χ2v) is 9.06. The highest BCUT2D eigenvalue weighted by Gasteiger charge is 2.25. The molecule has 0 spiro atoms. The van der Waals surface area contributed by atoms with Gasteiger partial charge in [0, 0.05) is 29.4 Å². The predicted octanol–water partition coefficient (Wildman–Crippen LogP) is 2.76. The van der Waals surface area contributed by atoms with Gasteiger partial charge in [-0.1, -0.05) is 6.92 Å². The second-order valence-electron chi connectivity index (χ2n) is 6.19. The molecule has 26 heavy (non-hydrogen) atoms. The van der Waals surface area contributed by atoms with Crippen molar-refractivity contribution in [2.24, 2.45) is 5.14 Å². The Morgan fingerprint density at radius 1 is 1.38 bits per heavy atom. The molecule has 0 saturated heterocycles. The maximum absolute atomic E-state index is 11.5. The van der Waals surface area contributed by atoms with Crippen LogP contribution in [0.15, 0.2) is 28.6 Å². The Morgan fingerprint density at radius 2 is 2.19 bits per heavy atom. The maximum atomic E-state index is 11.5. The topological polar surface area (TPSA) is 127 Å². The quantitative estimate of drug-likeness (QED) is 0.594. The highest BCUT2D eigenvalue weighted by molar-refractivity contribution is 7.91. The van der Waals surface area contributed by atoms with Gasteiger partial charge in [0.2, 0.25) is 10.0 Å². The number of hydrogen-bond donors (Lipinski definition) is 3. The van der Waals surface area contributed by atoms with Crippen molar-refractivity contribution < 1.29 is 8.42 Å². The number of sulfonamides is 1. The average molecular weight is 390 g/mol. The molecule has 1 aliphatic rings. The molecular formula is C16H18N6O2S2. The lowest BCUT2D eigenvalue weighted by Crippen LogP contribution is -2.09. The minimum atomic E-state index is -3.73. The third-order valence-electron chi connectivity index (χ3n) is 4.19. The van der Waals surface area contributed by atoms with Gasteiger partial charge < -0.3 is 5.32 Å². The number of H-pyrrole nitrogens is 1. The van der Waals surface area contributed by atoms with Gasteiger partial charge in [-0.05, 0) is 31.4 Å². The normalized spacial score (nSPS) is 14.5. The van der Waals surface area contributed by atoms with E-state index in [2.05, 4.69) is 25.5 Å². The molecule has 10 heteroatoms. The highest BCUT2D eigenvalue weighted by atomic mass is 32.2. The van der Waals surface area contributed by atoms with E-state index in [-0.39, 0.29) is 4.21 Å². The number of hydrogen-bond acceptors (Lipinski definition) is 7. The van der Waals surface area contributed by atoms with E-state index in [1.165, 1.54) is 18.9 Å². The number of rotatable bonds is 6. The first-order valence-corrected chi connectivity index (χ1v) is 10.6. The predicted molar refractivity (Wildman–Crippen MR) is 99.9 cm³/mol. The van der Waals surface area contributed by atoms with Crippen LogP contribution in [0.5, 0.6) is 0 Å². The summed E-state index contributed by atoms with van der Waals surface area (Å²) in [6.07, 6.45) is 4.90. The van der Waals surface area contributed by atoms with E-state index in [9.17, 15) is 8.42 Å². The fraction of sp³-hybridized carbons (Fsp3) is 0.312. The van der Waals surface area contributed by atoms with Crippen molar-refractivity contribution in [2.45, 2.75) is 36.3 Å². The summed E-state index contributed by atoms with van der Waals surface area (Å²) in [5.41, 5.74) is 2.09. The molecule has 0 radical (unpaired) electrons. The van der Waals surface area contributed by atoms with Gasteiger partial charge in [-0.2, -0.15) is 5.10 Å². The number of aromatic nitrogens is 4. The molecule has 0 bridgehead atoms. The summed E-state index contributed by atoms with van der Waals surface area (Å²) in [7, 11) is -3.73. The van der Waals surface area contributed by atoms with Crippen LogP contribution >= 0.6 is 11.3 Å². The Kier molecular flexibility index (Phi) is 4.25. The van der Waals surface area contributed by atoms with Crippen molar-refractivity contribution in [1.29, 1.82) is 0 Å². The van der Waals surface area contributed by atoms with Crippen LogP contribution in [-0.4, -0.2) is 28.6 Å². The number of aryl methyl sites for hydroxylation is 1. The lowest BCUT2D eigenvalue weighted by molar-refractivity contribution is 0.600. The van der Waals surface area contributed by atoms with Crippen molar-refractivity contribution >= 4 is 33.0 Å². The van der Waals surface area contributed by atoms with E-state index in [1.807, 2.05) is 13.0 Å². The Morgan fingerprint density at radius 3 is 2.85 bits per heavy atom. The second kappa shape index (κ2) is 6.45. The minimum absolute atomic E-state index is 0.0894. The fourth-order valence-corrected chi connectivity index (χ4v) is 4.28. The molecule has 3 aromatic rings. The third kappa shape index (κ3) is 3.48. The molecular weight excluding hydrogens is 372 g/mol. The molecule has 1 aliphatic carbocycles. The van der Waals surface area contributed by atoms with Crippen molar-refractivity contribution in [3.05, 3.63) is 35.7 Å². The smallest absolute Gasteiger partial charge is 0.247 e. The lowest BCUT2D eigenvalue weighted by Gasteiger charge is -2.08. The van der Waals surface area contributed by atoms with Crippen molar-refractivity contribution in [1.82, 2.24) is 20.2 Å². The number of nitrogens with one attached hydrogen (secondary N) is 2. The van der Waals surface area contributed by atoms with E-state index in [1.54, 1.807) is 12.3 Å². The number of nitrogens with two attached hydrogens (primary N) is 1. The number of thiophene rings is 1. The van der Waals surface area contributed by atoms with Crippen molar-refractivity contribution in [3.63, 3.8) is 0 Å². The molecule has 0 aliphatic heterocycles. The van der Waals surface area contributed by atoms with Crippen LogP contribution in [0.3, 0.4) is 0 Å². The summed E-state index contributed by atoms with van der Waals surface area (Å²) >= 11 is 1.05. The standard InChI is InChI=1S/C16H18N6O2S2/c1-2-9-8-18-16(12-5-6-14(25-12)26(17,23)24)20-15(9)19-13-7-11(21-22-13)10-3-4-10/h5-8,10H,2-4H2,1H3,(H2,17,23,24)(H2,18,19,20,21,22). The Balaban J connectivity index is 1.65. The molecule has 0 atom stereocenters. The fourth-order valence-electron chi connectivity index (χ4n) is 2.61. The molecule has 4 rings (SSSR count). The SMILES string of the molecule is CCc1cnc(-c2ccc(S(N)(=O)=O)s2)nc1Nc1cc(C2CC2)[nH]n1. The van der Waals surface area contributed by atoms with E-state index in [0.717, 1.165) is 29.0 Å². The van der Waals surface area contributed by atoms with Crippen molar-refractivity contribution in [2.75, 3.05) is 5.32 Å². The van der Waals surface area contributed by atoms with Crippen LogP contribution in [0.1, 0.15) is 36.9 Å². The van der Waals surface area contributed by atoms with Gasteiger partial charge in [-0.3, -0.25) is 5.10 Å². The number of primary sulfonamides is 1. The first-order valence-electron chi connectivity index (χ1n) is 8.25. The zero-order chi connectivity index (χ0) is 18.3. The van der Waals surface area contributed by atoms with Crippen LogP contribution < -0.4 is 10.5 Å². The molecule has 136 valence electrons. The Hall–Kier alpha value is -2.30. The summed E-state index contributed by atoms with van der Waals surface area (Å²) in [6, 6.07) is 5.13. The average Bonchev–Trinajstić information content (AvgIpc) is 3.14. The summed E-state index contributed by atoms with van der Waals surface area (Å²) < 4.78 is 23.0. The summed E-state index contributed by atoms with van der Waals surface area (Å²) in [5, 5.41) is 15.8. The molecule has 4 N–H and O–H groups in total. The van der Waals surface area contributed by atoms with Gasteiger partial charge in [0.05, 0.1) is 4.88 Å². The third-order valence-corrected chi connectivity index (χ3v) is 6.71. The number of anilines is 2. The van der Waals surface area contributed by atoms with Crippen LogP contribution in [-0.2, 0) is 16.4 Å². The van der Waals surface area contributed by atoms with Gasteiger partial charge in [0.1, 0.15) is 10.0 Å². The minimum Gasteiger partial charge on any atom is -0.323 e. The van der Waals surface area contributed by atoms with Gasteiger partial charge in [0.25, 0.3) is 0 Å².